The van der Waals surface area contributed by atoms with Gasteiger partial charge in [-0.3, -0.25) is 14.9 Å². The van der Waals surface area contributed by atoms with E-state index in [1.165, 1.54) is 12.1 Å². The number of rotatable bonds is 7. The van der Waals surface area contributed by atoms with Crippen LogP contribution in [0.25, 0.3) is 0 Å². The molecule has 0 radical (unpaired) electrons. The summed E-state index contributed by atoms with van der Waals surface area (Å²) in [6.45, 7) is 1.81. The predicted molar refractivity (Wildman–Crippen MR) is 103 cm³/mol. The Bertz CT molecular complexity index is 851. The van der Waals surface area contributed by atoms with Crippen LogP contribution in [-0.4, -0.2) is 39.1 Å². The van der Waals surface area contributed by atoms with Gasteiger partial charge in [0.05, 0.1) is 30.7 Å². The molecule has 2 aromatic carbocycles. The number of carbonyl (C=O) groups is 1. The highest BCUT2D eigenvalue weighted by atomic mass is 16.6. The molecule has 0 aromatic heterocycles. The molecule has 0 heterocycles. The lowest BCUT2D eigenvalue weighted by Gasteiger charge is -2.21. The van der Waals surface area contributed by atoms with Crippen molar-refractivity contribution in [3.63, 3.8) is 0 Å². The maximum Gasteiger partial charge on any atom is 0.270 e. The first kappa shape index (κ1) is 20.0. The Morgan fingerprint density at radius 3 is 2.41 bits per heavy atom. The van der Waals surface area contributed by atoms with Crippen molar-refractivity contribution >= 4 is 17.3 Å². The number of non-ortho nitro benzene ring substituents is 1. The summed E-state index contributed by atoms with van der Waals surface area (Å²) in [5, 5.41) is 14.0. The Morgan fingerprint density at radius 1 is 1.15 bits per heavy atom. The fourth-order valence-electron chi connectivity index (χ4n) is 2.74. The molecule has 0 saturated carbocycles. The van der Waals surface area contributed by atoms with Gasteiger partial charge in [-0.2, -0.15) is 0 Å². The number of carbonyl (C=O) groups excluding carboxylic acids is 1. The van der Waals surface area contributed by atoms with E-state index in [0.717, 1.165) is 5.56 Å². The second-order valence-electron chi connectivity index (χ2n) is 6.16. The van der Waals surface area contributed by atoms with Gasteiger partial charge in [0.25, 0.3) is 11.6 Å². The van der Waals surface area contributed by atoms with Gasteiger partial charge < -0.3 is 19.7 Å². The summed E-state index contributed by atoms with van der Waals surface area (Å²) in [6, 6.07) is 9.11. The van der Waals surface area contributed by atoms with Gasteiger partial charge in [-0.15, -0.1) is 0 Å². The lowest BCUT2D eigenvalue weighted by molar-refractivity contribution is -0.384. The Balaban J connectivity index is 2.37. The number of anilines is 1. The van der Waals surface area contributed by atoms with Crippen LogP contribution in [0, 0.1) is 10.1 Å². The lowest BCUT2D eigenvalue weighted by atomic mass is 10.0. The summed E-state index contributed by atoms with van der Waals surface area (Å²) in [5.41, 5.74) is 1.41. The molecule has 0 saturated heterocycles. The molecule has 0 aliphatic rings. The SMILES string of the molecule is COc1ccc(OC)c(C(C)NC(=O)c2cc([N+](=O)[O-])ccc2N(C)C)c1. The van der Waals surface area contributed by atoms with Crippen molar-refractivity contribution in [2.75, 3.05) is 33.2 Å². The maximum atomic E-state index is 12.9. The normalized spacial score (nSPS) is 11.4. The number of nitrogens with zero attached hydrogens (tertiary/aromatic N) is 2. The van der Waals surface area contributed by atoms with Crippen LogP contribution >= 0.6 is 0 Å². The van der Waals surface area contributed by atoms with E-state index in [-0.39, 0.29) is 11.3 Å². The number of hydrogen-bond donors (Lipinski definition) is 1. The smallest absolute Gasteiger partial charge is 0.270 e. The molecule has 8 heteroatoms. The van der Waals surface area contributed by atoms with Crippen LogP contribution in [0.15, 0.2) is 36.4 Å². The van der Waals surface area contributed by atoms with E-state index < -0.39 is 16.9 Å². The fourth-order valence-corrected chi connectivity index (χ4v) is 2.74. The summed E-state index contributed by atoms with van der Waals surface area (Å²) < 4.78 is 10.6. The average Bonchev–Trinajstić information content (AvgIpc) is 2.66. The number of nitro groups is 1. The van der Waals surface area contributed by atoms with Gasteiger partial charge in [0.15, 0.2) is 0 Å². The van der Waals surface area contributed by atoms with Crippen molar-refractivity contribution < 1.29 is 19.2 Å². The van der Waals surface area contributed by atoms with Crippen molar-refractivity contribution in [1.29, 1.82) is 0 Å². The molecule has 0 fully saturated rings. The van der Waals surface area contributed by atoms with E-state index in [0.29, 0.717) is 17.2 Å². The molecule has 0 aliphatic carbocycles. The molecule has 0 bridgehead atoms. The highest BCUT2D eigenvalue weighted by Gasteiger charge is 2.21. The number of nitro benzene ring substituents is 1. The van der Waals surface area contributed by atoms with Gasteiger partial charge in [-0.1, -0.05) is 0 Å². The van der Waals surface area contributed by atoms with Crippen LogP contribution in [0.4, 0.5) is 11.4 Å². The molecule has 0 aliphatic heterocycles. The van der Waals surface area contributed by atoms with E-state index in [4.69, 9.17) is 9.47 Å². The van der Waals surface area contributed by atoms with Crippen molar-refractivity contribution in [3.05, 3.63) is 57.6 Å². The second kappa shape index (κ2) is 8.39. The van der Waals surface area contributed by atoms with Crippen LogP contribution in [-0.2, 0) is 0 Å². The van der Waals surface area contributed by atoms with Gasteiger partial charge in [0.2, 0.25) is 0 Å². The zero-order valence-corrected chi connectivity index (χ0v) is 16.0. The molecule has 1 unspecified atom stereocenters. The lowest BCUT2D eigenvalue weighted by Crippen LogP contribution is -2.28. The highest BCUT2D eigenvalue weighted by molar-refractivity contribution is 6.00. The van der Waals surface area contributed by atoms with Gasteiger partial charge in [0, 0.05) is 37.5 Å². The van der Waals surface area contributed by atoms with Crippen LogP contribution in [0.1, 0.15) is 28.9 Å². The summed E-state index contributed by atoms with van der Waals surface area (Å²) in [6.07, 6.45) is 0. The minimum atomic E-state index is -0.523. The van der Waals surface area contributed by atoms with Gasteiger partial charge in [-0.05, 0) is 31.2 Å². The van der Waals surface area contributed by atoms with E-state index in [2.05, 4.69) is 5.32 Å². The summed E-state index contributed by atoms with van der Waals surface area (Å²) in [5.74, 6) is 0.825. The number of methoxy groups -OCH3 is 2. The van der Waals surface area contributed by atoms with Gasteiger partial charge in [-0.25, -0.2) is 0 Å². The zero-order chi connectivity index (χ0) is 20.1. The first-order valence-corrected chi connectivity index (χ1v) is 8.27. The van der Waals surface area contributed by atoms with Crippen LogP contribution in [0.5, 0.6) is 11.5 Å². The molecule has 27 heavy (non-hydrogen) atoms. The number of ether oxygens (including phenoxy) is 2. The van der Waals surface area contributed by atoms with Gasteiger partial charge >= 0.3 is 0 Å². The molecular formula is C19H23N3O5. The van der Waals surface area contributed by atoms with E-state index >= 15 is 0 Å². The average molecular weight is 373 g/mol. The molecule has 1 amide bonds. The van der Waals surface area contributed by atoms with Crippen molar-refractivity contribution in [2.45, 2.75) is 13.0 Å². The predicted octanol–water partition coefficient (Wildman–Crippen LogP) is 3.17. The van der Waals surface area contributed by atoms with Crippen LogP contribution in [0.2, 0.25) is 0 Å². The first-order valence-electron chi connectivity index (χ1n) is 8.27. The molecule has 1 N–H and O–H groups in total. The fraction of sp³-hybridized carbons (Fsp3) is 0.316. The maximum absolute atomic E-state index is 12.9. The topological polar surface area (TPSA) is 93.9 Å². The molecule has 8 nitrogen and oxygen atoms in total. The summed E-state index contributed by atoms with van der Waals surface area (Å²) in [4.78, 5) is 25.1. The Morgan fingerprint density at radius 2 is 1.85 bits per heavy atom. The largest absolute Gasteiger partial charge is 0.497 e. The quantitative estimate of drug-likeness (QED) is 0.592. The second-order valence-corrected chi connectivity index (χ2v) is 6.16. The molecule has 2 aromatic rings. The molecule has 1 atom stereocenters. The minimum Gasteiger partial charge on any atom is -0.497 e. The van der Waals surface area contributed by atoms with Crippen molar-refractivity contribution in [1.82, 2.24) is 5.32 Å². The van der Waals surface area contributed by atoms with Crippen LogP contribution < -0.4 is 19.7 Å². The van der Waals surface area contributed by atoms with E-state index in [9.17, 15) is 14.9 Å². The minimum absolute atomic E-state index is 0.141. The first-order chi connectivity index (χ1) is 12.8. The Labute approximate surface area is 157 Å². The third-order valence-electron chi connectivity index (χ3n) is 4.17. The zero-order valence-electron chi connectivity index (χ0n) is 16.0. The molecular weight excluding hydrogens is 350 g/mol. The summed E-state index contributed by atoms with van der Waals surface area (Å²) in [7, 11) is 6.64. The van der Waals surface area contributed by atoms with E-state index in [1.54, 1.807) is 57.5 Å². The number of hydrogen-bond acceptors (Lipinski definition) is 6. The highest BCUT2D eigenvalue weighted by Crippen LogP contribution is 2.30. The van der Waals surface area contributed by atoms with Gasteiger partial charge in [0.1, 0.15) is 11.5 Å². The number of nitrogens with one attached hydrogen (secondary N) is 1. The standard InChI is InChI=1S/C19H23N3O5/c1-12(15-11-14(26-4)7-9-18(15)27-5)20-19(23)16-10-13(22(24)25)6-8-17(16)21(2)3/h6-12H,1-5H3,(H,20,23). The number of amides is 1. The molecule has 2 rings (SSSR count). The van der Waals surface area contributed by atoms with E-state index in [1.807, 2.05) is 6.92 Å². The van der Waals surface area contributed by atoms with Crippen molar-refractivity contribution in [2.24, 2.45) is 0 Å². The van der Waals surface area contributed by atoms with Crippen molar-refractivity contribution in [3.8, 4) is 11.5 Å². The molecule has 0 spiro atoms. The summed E-state index contributed by atoms with van der Waals surface area (Å²) >= 11 is 0. The third-order valence-corrected chi connectivity index (χ3v) is 4.17. The Hall–Kier alpha value is -3.29. The third kappa shape index (κ3) is 4.46. The van der Waals surface area contributed by atoms with Crippen LogP contribution in [0.3, 0.4) is 0 Å². The Kier molecular flexibility index (Phi) is 6.23. The number of benzene rings is 2. The monoisotopic (exact) mass is 373 g/mol. The molecule has 144 valence electrons.